The Hall–Kier alpha value is -2.11. The van der Waals surface area contributed by atoms with E-state index in [0.29, 0.717) is 0 Å². The molecule has 0 bridgehead atoms. The van der Waals surface area contributed by atoms with Gasteiger partial charge >= 0.3 is 6.09 Å². The summed E-state index contributed by atoms with van der Waals surface area (Å²) < 4.78 is 12.7. The van der Waals surface area contributed by atoms with Crippen LogP contribution >= 0.6 is 0 Å². The number of alkyl carbamates (subject to hydrolysis) is 1. The molecule has 2 aromatic rings. The summed E-state index contributed by atoms with van der Waals surface area (Å²) in [6.45, 7) is 16.1. The van der Waals surface area contributed by atoms with Crippen molar-refractivity contribution in [2.45, 2.75) is 97.2 Å². The molecule has 2 aromatic carbocycles. The number of nitrogens with one attached hydrogen (secondary N) is 1. The molecule has 34 heavy (non-hydrogen) atoms. The molecular weight excluding hydrogens is 438 g/mol. The van der Waals surface area contributed by atoms with Crippen molar-refractivity contribution in [1.82, 2.24) is 5.32 Å². The van der Waals surface area contributed by atoms with Gasteiger partial charge in [0, 0.05) is 12.0 Å². The van der Waals surface area contributed by atoms with E-state index in [1.165, 1.54) is 5.56 Å². The maximum absolute atomic E-state index is 12.8. The molecule has 1 N–H and O–H groups in total. The van der Waals surface area contributed by atoms with E-state index in [1.54, 1.807) is 0 Å². The molecule has 0 aliphatic carbocycles. The van der Waals surface area contributed by atoms with E-state index in [9.17, 15) is 4.79 Å². The van der Waals surface area contributed by atoms with E-state index < -0.39 is 8.32 Å². The summed E-state index contributed by atoms with van der Waals surface area (Å²) in [5.41, 5.74) is 2.17. The van der Waals surface area contributed by atoms with Gasteiger partial charge in [-0.3, -0.25) is 0 Å². The first-order valence-corrected chi connectivity index (χ1v) is 15.7. The molecule has 4 nitrogen and oxygen atoms in total. The van der Waals surface area contributed by atoms with Gasteiger partial charge in [-0.2, -0.15) is 0 Å². The van der Waals surface area contributed by atoms with Gasteiger partial charge in [-0.1, -0.05) is 108 Å². The molecule has 5 heteroatoms. The number of amides is 1. The fourth-order valence-electron chi connectivity index (χ4n) is 3.98. The molecule has 0 aromatic heterocycles. The zero-order valence-corrected chi connectivity index (χ0v) is 23.3. The topological polar surface area (TPSA) is 47.6 Å². The van der Waals surface area contributed by atoms with Gasteiger partial charge in [-0.15, -0.1) is 0 Å². The van der Waals surface area contributed by atoms with E-state index >= 15 is 0 Å². The van der Waals surface area contributed by atoms with Crippen LogP contribution in [0.4, 0.5) is 4.79 Å². The lowest BCUT2D eigenvalue weighted by molar-refractivity contribution is 0.0789. The summed E-state index contributed by atoms with van der Waals surface area (Å²) in [6, 6.07) is 20.3. The molecule has 0 aliphatic rings. The molecule has 3 atom stereocenters. The van der Waals surface area contributed by atoms with Crippen LogP contribution in [0.25, 0.3) is 0 Å². The predicted molar refractivity (Wildman–Crippen MR) is 144 cm³/mol. The van der Waals surface area contributed by atoms with E-state index in [4.69, 9.17) is 9.16 Å². The minimum atomic E-state index is -2.05. The van der Waals surface area contributed by atoms with Crippen LogP contribution < -0.4 is 5.32 Å². The van der Waals surface area contributed by atoms with E-state index in [0.717, 1.165) is 31.2 Å². The summed E-state index contributed by atoms with van der Waals surface area (Å²) in [5.74, 6) is 0.146. The zero-order chi connectivity index (χ0) is 25.2. The first kappa shape index (κ1) is 28.1. The summed E-state index contributed by atoms with van der Waals surface area (Å²) >= 11 is 0. The third kappa shape index (κ3) is 8.28. The summed E-state index contributed by atoms with van der Waals surface area (Å²) in [5, 5.41) is 3.32. The largest absolute Gasteiger partial charge is 0.445 e. The van der Waals surface area contributed by atoms with Crippen LogP contribution in [-0.4, -0.2) is 20.5 Å². The molecule has 0 aliphatic heterocycles. The molecule has 0 spiro atoms. The van der Waals surface area contributed by atoms with Crippen LogP contribution in [0.15, 0.2) is 60.7 Å². The highest BCUT2D eigenvalue weighted by Gasteiger charge is 2.42. The van der Waals surface area contributed by atoms with Crippen LogP contribution in [0, 0.1) is 5.92 Å². The van der Waals surface area contributed by atoms with Crippen LogP contribution in [0.3, 0.4) is 0 Å². The Labute approximate surface area is 208 Å². The van der Waals surface area contributed by atoms with Crippen molar-refractivity contribution >= 4 is 14.4 Å². The number of hydrogen-bond acceptors (Lipinski definition) is 3. The van der Waals surface area contributed by atoms with Gasteiger partial charge in [0.05, 0.1) is 6.10 Å². The van der Waals surface area contributed by atoms with Gasteiger partial charge in [0.2, 0.25) is 0 Å². The summed E-state index contributed by atoms with van der Waals surface area (Å²) in [4.78, 5) is 12.8. The van der Waals surface area contributed by atoms with Gasteiger partial charge in [-0.05, 0) is 42.1 Å². The number of rotatable bonds is 12. The van der Waals surface area contributed by atoms with Crippen molar-refractivity contribution in [2.75, 3.05) is 0 Å². The zero-order valence-electron chi connectivity index (χ0n) is 22.3. The highest BCUT2D eigenvalue weighted by molar-refractivity contribution is 6.74. The number of unbranched alkanes of at least 4 members (excludes halogenated alkanes) is 1. The Bertz CT molecular complexity index is 849. The monoisotopic (exact) mass is 483 g/mol. The first-order valence-electron chi connectivity index (χ1n) is 12.8. The first-order chi connectivity index (χ1) is 16.1. The normalized spacial score (nSPS) is 14.8. The third-order valence-corrected chi connectivity index (χ3v) is 11.6. The number of carbonyl (C=O) groups is 1. The van der Waals surface area contributed by atoms with Crippen molar-refractivity contribution in [3.63, 3.8) is 0 Å². The number of hydrogen-bond donors (Lipinski definition) is 1. The average Bonchev–Trinajstić information content (AvgIpc) is 2.81. The van der Waals surface area contributed by atoms with Gasteiger partial charge < -0.3 is 14.5 Å². The fraction of sp³-hybridized carbons (Fsp3) is 0.552. The Morgan fingerprint density at radius 2 is 1.56 bits per heavy atom. The van der Waals surface area contributed by atoms with Crippen LogP contribution in [0.1, 0.15) is 77.5 Å². The van der Waals surface area contributed by atoms with Crippen LogP contribution in [-0.2, 0) is 15.8 Å². The Morgan fingerprint density at radius 1 is 0.971 bits per heavy atom. The lowest BCUT2D eigenvalue weighted by Gasteiger charge is -2.43. The van der Waals surface area contributed by atoms with Crippen molar-refractivity contribution in [1.29, 1.82) is 0 Å². The smallest absolute Gasteiger partial charge is 0.407 e. The van der Waals surface area contributed by atoms with E-state index in [2.05, 4.69) is 77.3 Å². The Kier molecular flexibility index (Phi) is 10.8. The molecule has 0 unspecified atom stereocenters. The molecule has 0 saturated carbocycles. The standard InChI is InChI=1S/C29H45NO3Si/c1-8-10-21-26(30-28(31)32-22-23-17-13-11-14-18-23)25(9-2)27(24-19-15-12-16-20-24)33-34(6,7)29(3,4)5/h11-20,25-27H,8-10,21-22H2,1-7H3,(H,30,31)/t25-,26+,27-/m0/s1. The fourth-order valence-corrected chi connectivity index (χ4v) is 5.28. The Balaban J connectivity index is 2.28. The number of carbonyl (C=O) groups excluding carboxylic acids is 1. The summed E-state index contributed by atoms with van der Waals surface area (Å²) in [6.07, 6.45) is 3.49. The third-order valence-electron chi connectivity index (χ3n) is 7.12. The van der Waals surface area contributed by atoms with Crippen molar-refractivity contribution < 1.29 is 14.0 Å². The van der Waals surface area contributed by atoms with Crippen LogP contribution in [0.5, 0.6) is 0 Å². The van der Waals surface area contributed by atoms with E-state index in [1.807, 2.05) is 36.4 Å². The Morgan fingerprint density at radius 3 is 2.09 bits per heavy atom. The lowest BCUT2D eigenvalue weighted by atomic mass is 9.84. The molecule has 0 heterocycles. The number of ether oxygens (including phenoxy) is 1. The second-order valence-corrected chi connectivity index (χ2v) is 15.5. The molecule has 0 fully saturated rings. The molecule has 1 amide bonds. The van der Waals surface area contributed by atoms with Crippen molar-refractivity contribution in [3.05, 3.63) is 71.8 Å². The molecule has 0 saturated heterocycles. The molecular formula is C29H45NO3Si. The second kappa shape index (κ2) is 13.1. The van der Waals surface area contributed by atoms with Gasteiger partial charge in [0.1, 0.15) is 6.61 Å². The van der Waals surface area contributed by atoms with Gasteiger partial charge in [0.25, 0.3) is 0 Å². The maximum atomic E-state index is 12.8. The quantitative estimate of drug-likeness (QED) is 0.309. The molecule has 0 radical (unpaired) electrons. The second-order valence-electron chi connectivity index (χ2n) is 10.7. The highest BCUT2D eigenvalue weighted by atomic mass is 28.4. The van der Waals surface area contributed by atoms with Gasteiger partial charge in [-0.25, -0.2) is 4.79 Å². The van der Waals surface area contributed by atoms with Crippen LogP contribution in [0.2, 0.25) is 18.1 Å². The summed E-state index contributed by atoms with van der Waals surface area (Å²) in [7, 11) is -2.05. The van der Waals surface area contributed by atoms with Crippen molar-refractivity contribution in [3.8, 4) is 0 Å². The number of benzene rings is 2. The minimum absolute atomic E-state index is 0.0248. The maximum Gasteiger partial charge on any atom is 0.407 e. The SMILES string of the molecule is CCCC[C@@H](NC(=O)OCc1ccccc1)[C@H](CC)[C@@H](O[Si](C)(C)C(C)(C)C)c1ccccc1. The highest BCUT2D eigenvalue weighted by Crippen LogP contribution is 2.43. The molecule has 2 rings (SSSR count). The van der Waals surface area contributed by atoms with Crippen molar-refractivity contribution in [2.24, 2.45) is 5.92 Å². The predicted octanol–water partition coefficient (Wildman–Crippen LogP) is 8.26. The van der Waals surface area contributed by atoms with Gasteiger partial charge in [0.15, 0.2) is 8.32 Å². The minimum Gasteiger partial charge on any atom is -0.445 e. The lowest BCUT2D eigenvalue weighted by Crippen LogP contribution is -2.47. The van der Waals surface area contributed by atoms with E-state index in [-0.39, 0.29) is 35.8 Å². The molecule has 188 valence electrons. The average molecular weight is 484 g/mol.